The molecule has 1 aliphatic rings. The number of thiocarbonyl (C=S) groups is 1. The van der Waals surface area contributed by atoms with Gasteiger partial charge in [-0.05, 0) is 42.4 Å². The van der Waals surface area contributed by atoms with E-state index in [0.717, 1.165) is 24.4 Å². The lowest BCUT2D eigenvalue weighted by Crippen LogP contribution is -2.28. The highest BCUT2D eigenvalue weighted by Crippen LogP contribution is 2.16. The lowest BCUT2D eigenvalue weighted by atomic mass is 10.1. The molecule has 1 N–H and O–H groups in total. The number of hydrogen-bond acceptors (Lipinski definition) is 2. The van der Waals surface area contributed by atoms with E-state index in [1.54, 1.807) is 0 Å². The Balaban J connectivity index is 1.71. The van der Waals surface area contributed by atoms with Gasteiger partial charge in [-0.3, -0.25) is 0 Å². The number of hydrazone groups is 1. The largest absolute Gasteiger partial charge is 0.331 e. The van der Waals surface area contributed by atoms with Crippen LogP contribution in [0.4, 0.5) is 5.69 Å². The molecule has 4 heteroatoms. The lowest BCUT2D eigenvalue weighted by Gasteiger charge is -2.16. The SMILES string of the molecule is Cc1cccc(NC(=S)N2CCC(c3ccccc3)=N2)c1. The van der Waals surface area contributed by atoms with Gasteiger partial charge >= 0.3 is 0 Å². The van der Waals surface area contributed by atoms with Crippen molar-refractivity contribution in [2.24, 2.45) is 5.10 Å². The number of anilines is 1. The zero-order valence-electron chi connectivity index (χ0n) is 11.9. The predicted octanol–water partition coefficient (Wildman–Crippen LogP) is 3.80. The molecule has 21 heavy (non-hydrogen) atoms. The highest BCUT2D eigenvalue weighted by molar-refractivity contribution is 7.80. The normalized spacial score (nSPS) is 14.0. The molecule has 0 unspecified atom stereocenters. The van der Waals surface area contributed by atoms with E-state index < -0.39 is 0 Å². The molecule has 0 bridgehead atoms. The Bertz CT molecular complexity index is 679. The van der Waals surface area contributed by atoms with Crippen LogP contribution in [0, 0.1) is 6.92 Å². The molecule has 0 saturated heterocycles. The van der Waals surface area contributed by atoms with Crippen LogP contribution >= 0.6 is 12.2 Å². The minimum absolute atomic E-state index is 0.645. The van der Waals surface area contributed by atoms with Crippen molar-refractivity contribution in [3.8, 4) is 0 Å². The molecule has 1 aliphatic heterocycles. The third-order valence-electron chi connectivity index (χ3n) is 3.41. The van der Waals surface area contributed by atoms with E-state index in [1.807, 2.05) is 35.3 Å². The number of hydrogen-bond donors (Lipinski definition) is 1. The van der Waals surface area contributed by atoms with Gasteiger partial charge in [-0.2, -0.15) is 5.10 Å². The van der Waals surface area contributed by atoms with Gasteiger partial charge in [0.15, 0.2) is 5.11 Å². The Morgan fingerprint density at radius 2 is 1.95 bits per heavy atom. The molecular weight excluding hydrogens is 278 g/mol. The molecular formula is C17H17N3S. The number of nitrogens with one attached hydrogen (secondary N) is 1. The highest BCUT2D eigenvalue weighted by Gasteiger charge is 2.19. The number of aryl methyl sites for hydroxylation is 1. The number of benzene rings is 2. The van der Waals surface area contributed by atoms with E-state index in [4.69, 9.17) is 12.2 Å². The standard InChI is InChI=1S/C17H17N3S/c1-13-6-5-9-15(12-13)18-17(21)20-11-10-16(19-20)14-7-3-2-4-8-14/h2-9,12H,10-11H2,1H3,(H,18,21). The molecule has 0 fully saturated rings. The minimum Gasteiger partial charge on any atom is -0.331 e. The first-order valence-corrected chi connectivity index (χ1v) is 7.41. The Kier molecular flexibility index (Phi) is 3.97. The average Bonchev–Trinajstić information content (AvgIpc) is 2.98. The van der Waals surface area contributed by atoms with Crippen LogP contribution in [-0.2, 0) is 0 Å². The monoisotopic (exact) mass is 295 g/mol. The summed E-state index contributed by atoms with van der Waals surface area (Å²) in [5.74, 6) is 0. The third-order valence-corrected chi connectivity index (χ3v) is 3.73. The first kappa shape index (κ1) is 13.8. The summed E-state index contributed by atoms with van der Waals surface area (Å²) in [4.78, 5) is 0. The van der Waals surface area contributed by atoms with Crippen LogP contribution in [0.1, 0.15) is 17.5 Å². The van der Waals surface area contributed by atoms with E-state index in [9.17, 15) is 0 Å². The van der Waals surface area contributed by atoms with Gasteiger partial charge in [0.25, 0.3) is 0 Å². The fraction of sp³-hybridized carbons (Fsp3) is 0.176. The molecule has 3 nitrogen and oxygen atoms in total. The van der Waals surface area contributed by atoms with Crippen LogP contribution in [0.15, 0.2) is 59.7 Å². The summed E-state index contributed by atoms with van der Waals surface area (Å²) in [5.41, 5.74) is 4.46. The van der Waals surface area contributed by atoms with Crippen LogP contribution in [0.3, 0.4) is 0 Å². The lowest BCUT2D eigenvalue weighted by molar-refractivity contribution is 0.499. The summed E-state index contributed by atoms with van der Waals surface area (Å²) < 4.78 is 0. The van der Waals surface area contributed by atoms with Gasteiger partial charge in [0.05, 0.1) is 5.71 Å². The zero-order chi connectivity index (χ0) is 14.7. The smallest absolute Gasteiger partial charge is 0.194 e. The maximum absolute atomic E-state index is 5.45. The quantitative estimate of drug-likeness (QED) is 0.854. The van der Waals surface area contributed by atoms with Crippen molar-refractivity contribution in [3.63, 3.8) is 0 Å². The van der Waals surface area contributed by atoms with Gasteiger partial charge < -0.3 is 5.32 Å². The second-order valence-corrected chi connectivity index (χ2v) is 5.47. The molecule has 1 heterocycles. The average molecular weight is 295 g/mol. The molecule has 0 atom stereocenters. The van der Waals surface area contributed by atoms with Crippen LogP contribution in [0.25, 0.3) is 0 Å². The van der Waals surface area contributed by atoms with Crippen molar-refractivity contribution in [1.29, 1.82) is 0 Å². The highest BCUT2D eigenvalue weighted by atomic mass is 32.1. The van der Waals surface area contributed by atoms with Crippen LogP contribution in [0.5, 0.6) is 0 Å². The van der Waals surface area contributed by atoms with Crippen molar-refractivity contribution in [1.82, 2.24) is 5.01 Å². The summed E-state index contributed by atoms with van der Waals surface area (Å²) in [6.07, 6.45) is 0.916. The first-order valence-electron chi connectivity index (χ1n) is 7.00. The predicted molar refractivity (Wildman–Crippen MR) is 91.7 cm³/mol. The van der Waals surface area contributed by atoms with Crippen molar-refractivity contribution in [2.75, 3.05) is 11.9 Å². The van der Waals surface area contributed by atoms with Crippen LogP contribution < -0.4 is 5.32 Å². The molecule has 106 valence electrons. The fourth-order valence-corrected chi connectivity index (χ4v) is 2.60. The second-order valence-electron chi connectivity index (χ2n) is 5.09. The molecule has 0 saturated carbocycles. The molecule has 0 aliphatic carbocycles. The zero-order valence-corrected chi connectivity index (χ0v) is 12.7. The Hall–Kier alpha value is -2.20. The third kappa shape index (κ3) is 3.28. The van der Waals surface area contributed by atoms with Gasteiger partial charge in [0.1, 0.15) is 0 Å². The molecule has 0 amide bonds. The molecule has 0 spiro atoms. The number of nitrogens with zero attached hydrogens (tertiary/aromatic N) is 2. The number of rotatable bonds is 2. The van der Waals surface area contributed by atoms with E-state index in [0.29, 0.717) is 5.11 Å². The van der Waals surface area contributed by atoms with Gasteiger partial charge in [0, 0.05) is 18.7 Å². The second kappa shape index (κ2) is 6.06. The topological polar surface area (TPSA) is 27.6 Å². The molecule has 3 rings (SSSR count). The Morgan fingerprint density at radius 1 is 1.14 bits per heavy atom. The van der Waals surface area contributed by atoms with Gasteiger partial charge in [0.2, 0.25) is 0 Å². The van der Waals surface area contributed by atoms with Gasteiger partial charge in [-0.25, -0.2) is 5.01 Å². The summed E-state index contributed by atoms with van der Waals surface area (Å²) in [6.45, 7) is 2.89. The molecule has 2 aromatic rings. The van der Waals surface area contributed by atoms with Crippen LogP contribution in [-0.4, -0.2) is 22.4 Å². The minimum atomic E-state index is 0.645. The van der Waals surface area contributed by atoms with E-state index in [2.05, 4.69) is 41.6 Å². The van der Waals surface area contributed by atoms with Gasteiger partial charge in [-0.15, -0.1) is 0 Å². The fourth-order valence-electron chi connectivity index (χ4n) is 2.35. The van der Waals surface area contributed by atoms with Crippen molar-refractivity contribution < 1.29 is 0 Å². The van der Waals surface area contributed by atoms with Gasteiger partial charge in [-0.1, -0.05) is 42.5 Å². The molecule has 0 aromatic heterocycles. The maximum Gasteiger partial charge on any atom is 0.194 e. The van der Waals surface area contributed by atoms with E-state index in [-0.39, 0.29) is 0 Å². The van der Waals surface area contributed by atoms with E-state index >= 15 is 0 Å². The Morgan fingerprint density at radius 3 is 2.71 bits per heavy atom. The summed E-state index contributed by atoms with van der Waals surface area (Å²) in [6, 6.07) is 18.4. The summed E-state index contributed by atoms with van der Waals surface area (Å²) in [7, 11) is 0. The molecule has 2 aromatic carbocycles. The van der Waals surface area contributed by atoms with Crippen molar-refractivity contribution in [2.45, 2.75) is 13.3 Å². The summed E-state index contributed by atoms with van der Waals surface area (Å²) in [5, 5.41) is 10.4. The first-order chi connectivity index (χ1) is 10.2. The molecule has 0 radical (unpaired) electrons. The van der Waals surface area contributed by atoms with Crippen molar-refractivity contribution >= 4 is 28.7 Å². The summed E-state index contributed by atoms with van der Waals surface area (Å²) >= 11 is 5.45. The van der Waals surface area contributed by atoms with Crippen molar-refractivity contribution in [3.05, 3.63) is 65.7 Å². The Labute approximate surface area is 130 Å². The maximum atomic E-state index is 5.45. The van der Waals surface area contributed by atoms with E-state index in [1.165, 1.54) is 11.1 Å². The van der Waals surface area contributed by atoms with Crippen LogP contribution in [0.2, 0.25) is 0 Å².